The fourth-order valence-corrected chi connectivity index (χ4v) is 3.22. The van der Waals surface area contributed by atoms with E-state index >= 15 is 0 Å². The highest BCUT2D eigenvalue weighted by Crippen LogP contribution is 2.18. The Morgan fingerprint density at radius 2 is 1.74 bits per heavy atom. The smallest absolute Gasteiger partial charge is 0.0927 e. The predicted molar refractivity (Wildman–Crippen MR) is 96.0 cm³/mol. The summed E-state index contributed by atoms with van der Waals surface area (Å²) >= 11 is 0. The number of hydrogen-bond acceptors (Lipinski definition) is 2. The fourth-order valence-electron chi connectivity index (χ4n) is 3.22. The van der Waals surface area contributed by atoms with Crippen LogP contribution in [0.2, 0.25) is 0 Å². The number of nitrogens with one attached hydrogen (secondary N) is 1. The summed E-state index contributed by atoms with van der Waals surface area (Å²) in [5.41, 5.74) is 4.67. The Hall–Kier alpha value is -2.39. The van der Waals surface area contributed by atoms with Gasteiger partial charge in [0.15, 0.2) is 0 Å². The number of fused-ring (bicyclic) bond motifs is 1. The third-order valence-electron chi connectivity index (χ3n) is 4.52. The van der Waals surface area contributed by atoms with E-state index in [0.717, 1.165) is 23.1 Å². The first-order valence-corrected chi connectivity index (χ1v) is 8.31. The van der Waals surface area contributed by atoms with Crippen LogP contribution in [0.5, 0.6) is 0 Å². The molecule has 1 fully saturated rings. The average Bonchev–Trinajstić information content (AvgIpc) is 3.24. The van der Waals surface area contributed by atoms with Crippen molar-refractivity contribution in [1.29, 1.82) is 0 Å². The van der Waals surface area contributed by atoms with Gasteiger partial charge >= 0.3 is 0 Å². The van der Waals surface area contributed by atoms with Crippen molar-refractivity contribution in [2.75, 3.05) is 13.1 Å². The molecule has 1 aromatic heterocycles. The van der Waals surface area contributed by atoms with Crippen molar-refractivity contribution in [3.8, 4) is 0 Å². The highest BCUT2D eigenvalue weighted by Gasteiger charge is 2.11. The Bertz CT molecular complexity index is 808. The number of aromatic amines is 1. The number of aromatic nitrogens is 2. The molecule has 116 valence electrons. The van der Waals surface area contributed by atoms with Gasteiger partial charge < -0.3 is 0 Å². The largest absolute Gasteiger partial charge is 0.299 e. The SMILES string of the molecule is C(=C\c1n[nH]c2ccccc12)/c1ccc(CN2CCCC2)cc1. The maximum absolute atomic E-state index is 4.38. The van der Waals surface area contributed by atoms with Crippen molar-refractivity contribution in [1.82, 2.24) is 15.1 Å². The molecular formula is C20H21N3. The molecule has 0 aliphatic carbocycles. The van der Waals surface area contributed by atoms with Gasteiger partial charge in [-0.25, -0.2) is 0 Å². The Labute approximate surface area is 136 Å². The number of para-hydroxylation sites is 1. The van der Waals surface area contributed by atoms with Crippen LogP contribution in [0.1, 0.15) is 29.7 Å². The first kappa shape index (κ1) is 14.2. The zero-order chi connectivity index (χ0) is 15.5. The van der Waals surface area contributed by atoms with Gasteiger partial charge in [0.05, 0.1) is 11.2 Å². The van der Waals surface area contributed by atoms with Gasteiger partial charge in [-0.1, -0.05) is 48.5 Å². The second-order valence-corrected chi connectivity index (χ2v) is 6.21. The molecule has 4 rings (SSSR count). The zero-order valence-corrected chi connectivity index (χ0v) is 13.2. The van der Waals surface area contributed by atoms with Gasteiger partial charge in [0.1, 0.15) is 0 Å². The topological polar surface area (TPSA) is 31.9 Å². The van der Waals surface area contributed by atoms with Crippen LogP contribution in [0, 0.1) is 0 Å². The predicted octanol–water partition coefficient (Wildman–Crippen LogP) is 4.33. The summed E-state index contributed by atoms with van der Waals surface area (Å²) < 4.78 is 0. The van der Waals surface area contributed by atoms with Crippen molar-refractivity contribution >= 4 is 23.1 Å². The van der Waals surface area contributed by atoms with Crippen LogP contribution in [0.4, 0.5) is 0 Å². The molecule has 2 aromatic carbocycles. The lowest BCUT2D eigenvalue weighted by Crippen LogP contribution is -2.18. The Kier molecular flexibility index (Phi) is 3.95. The van der Waals surface area contributed by atoms with Crippen LogP contribution in [-0.4, -0.2) is 28.2 Å². The molecule has 0 saturated carbocycles. The second-order valence-electron chi connectivity index (χ2n) is 6.21. The van der Waals surface area contributed by atoms with Crippen LogP contribution in [0.3, 0.4) is 0 Å². The molecule has 3 nitrogen and oxygen atoms in total. The minimum Gasteiger partial charge on any atom is -0.299 e. The van der Waals surface area contributed by atoms with Crippen LogP contribution in [-0.2, 0) is 6.54 Å². The summed E-state index contributed by atoms with van der Waals surface area (Å²) in [5, 5.41) is 8.61. The Morgan fingerprint density at radius 3 is 2.57 bits per heavy atom. The first-order valence-electron chi connectivity index (χ1n) is 8.31. The minimum atomic E-state index is 0.988. The summed E-state index contributed by atoms with van der Waals surface area (Å²) in [4.78, 5) is 2.53. The van der Waals surface area contributed by atoms with E-state index in [0.29, 0.717) is 0 Å². The van der Waals surface area contributed by atoms with Gasteiger partial charge in [-0.15, -0.1) is 0 Å². The summed E-state index contributed by atoms with van der Waals surface area (Å²) in [6, 6.07) is 17.1. The lowest BCUT2D eigenvalue weighted by Gasteiger charge is -2.14. The van der Waals surface area contributed by atoms with Crippen molar-refractivity contribution in [2.45, 2.75) is 19.4 Å². The molecule has 3 aromatic rings. The standard InChI is InChI=1S/C20H21N3/c1-2-6-19-18(5-1)20(22-21-19)12-11-16-7-9-17(10-8-16)15-23-13-3-4-14-23/h1-2,5-12H,3-4,13-15H2,(H,21,22)/b12-11+. The van der Waals surface area contributed by atoms with Gasteiger partial charge in [0.25, 0.3) is 0 Å². The molecule has 0 unspecified atom stereocenters. The van der Waals surface area contributed by atoms with E-state index in [1.54, 1.807) is 0 Å². The average molecular weight is 303 g/mol. The Morgan fingerprint density at radius 1 is 0.957 bits per heavy atom. The third-order valence-corrected chi connectivity index (χ3v) is 4.52. The molecule has 1 aliphatic heterocycles. The molecular weight excluding hydrogens is 282 g/mol. The van der Waals surface area contributed by atoms with Gasteiger partial charge in [0.2, 0.25) is 0 Å². The Balaban J connectivity index is 1.47. The van der Waals surface area contributed by atoms with Crippen LogP contribution >= 0.6 is 0 Å². The molecule has 1 aliphatic rings. The molecule has 0 amide bonds. The number of rotatable bonds is 4. The van der Waals surface area contributed by atoms with Gasteiger partial charge in [-0.05, 0) is 49.2 Å². The fraction of sp³-hybridized carbons (Fsp3) is 0.250. The van der Waals surface area contributed by atoms with Crippen molar-refractivity contribution < 1.29 is 0 Å². The summed E-state index contributed by atoms with van der Waals surface area (Å²) in [6.45, 7) is 3.57. The highest BCUT2D eigenvalue weighted by atomic mass is 15.1. The van der Waals surface area contributed by atoms with E-state index in [1.807, 2.05) is 18.2 Å². The van der Waals surface area contributed by atoms with E-state index in [9.17, 15) is 0 Å². The second kappa shape index (κ2) is 6.39. The lowest BCUT2D eigenvalue weighted by molar-refractivity contribution is 0.331. The van der Waals surface area contributed by atoms with Gasteiger partial charge in [0, 0.05) is 11.9 Å². The molecule has 1 saturated heterocycles. The molecule has 3 heteroatoms. The zero-order valence-electron chi connectivity index (χ0n) is 13.2. The number of hydrogen-bond donors (Lipinski definition) is 1. The van der Waals surface area contributed by atoms with E-state index in [2.05, 4.69) is 57.6 Å². The number of nitrogens with zero attached hydrogens (tertiary/aromatic N) is 2. The number of benzene rings is 2. The molecule has 0 atom stereocenters. The molecule has 0 radical (unpaired) electrons. The summed E-state index contributed by atoms with van der Waals surface area (Å²) in [7, 11) is 0. The first-order chi connectivity index (χ1) is 11.4. The molecule has 2 heterocycles. The van der Waals surface area contributed by atoms with Crippen molar-refractivity contribution in [2.24, 2.45) is 0 Å². The van der Waals surface area contributed by atoms with E-state index in [4.69, 9.17) is 0 Å². The minimum absolute atomic E-state index is 0.988. The normalized spacial score (nSPS) is 15.8. The quantitative estimate of drug-likeness (QED) is 0.778. The third kappa shape index (κ3) is 3.20. The van der Waals surface area contributed by atoms with Crippen LogP contribution < -0.4 is 0 Å². The van der Waals surface area contributed by atoms with Gasteiger partial charge in [-0.2, -0.15) is 5.10 Å². The van der Waals surface area contributed by atoms with Crippen LogP contribution in [0.25, 0.3) is 23.1 Å². The van der Waals surface area contributed by atoms with Crippen LogP contribution in [0.15, 0.2) is 48.5 Å². The lowest BCUT2D eigenvalue weighted by atomic mass is 10.1. The molecule has 1 N–H and O–H groups in total. The maximum Gasteiger partial charge on any atom is 0.0927 e. The monoisotopic (exact) mass is 303 g/mol. The van der Waals surface area contributed by atoms with E-state index in [-0.39, 0.29) is 0 Å². The van der Waals surface area contributed by atoms with E-state index in [1.165, 1.54) is 37.1 Å². The molecule has 0 bridgehead atoms. The summed E-state index contributed by atoms with van der Waals surface area (Å²) in [6.07, 6.45) is 6.90. The molecule has 0 spiro atoms. The highest BCUT2D eigenvalue weighted by molar-refractivity contribution is 5.89. The molecule has 23 heavy (non-hydrogen) atoms. The van der Waals surface area contributed by atoms with Gasteiger partial charge in [-0.3, -0.25) is 10.00 Å². The van der Waals surface area contributed by atoms with E-state index < -0.39 is 0 Å². The van der Waals surface area contributed by atoms with Crippen molar-refractivity contribution in [3.63, 3.8) is 0 Å². The summed E-state index contributed by atoms with van der Waals surface area (Å²) in [5.74, 6) is 0. The number of likely N-dealkylation sites (tertiary alicyclic amines) is 1. The maximum atomic E-state index is 4.38. The number of H-pyrrole nitrogens is 1. The van der Waals surface area contributed by atoms with Crippen molar-refractivity contribution in [3.05, 3.63) is 65.4 Å².